The maximum atomic E-state index is 13.5. The number of aryl methyl sites for hydroxylation is 2. The van der Waals surface area contributed by atoms with Gasteiger partial charge in [0, 0.05) is 12.2 Å². The van der Waals surface area contributed by atoms with Crippen molar-refractivity contribution in [1.29, 1.82) is 0 Å². The Bertz CT molecular complexity index is 1100. The van der Waals surface area contributed by atoms with Crippen LogP contribution in [0.2, 0.25) is 0 Å². The Kier molecular flexibility index (Phi) is 6.82. The minimum atomic E-state index is -0.510. The predicted molar refractivity (Wildman–Crippen MR) is 126 cm³/mol. The van der Waals surface area contributed by atoms with Crippen LogP contribution in [0.5, 0.6) is 0 Å². The Hall–Kier alpha value is -3.64. The third kappa shape index (κ3) is 4.98. The molecule has 0 saturated heterocycles. The molecular weight excluding hydrogens is 402 g/mol. The minimum absolute atomic E-state index is 0.0511. The molecule has 6 heteroatoms. The zero-order valence-corrected chi connectivity index (χ0v) is 18.1. The van der Waals surface area contributed by atoms with Gasteiger partial charge in [-0.1, -0.05) is 54.6 Å². The molecule has 1 heterocycles. The Labute approximate surface area is 188 Å². The van der Waals surface area contributed by atoms with E-state index in [1.165, 1.54) is 0 Å². The number of carbonyl (C=O) groups excluding carboxylic acids is 2. The number of rotatable bonds is 6. The van der Waals surface area contributed by atoms with Crippen molar-refractivity contribution in [3.05, 3.63) is 89.5 Å². The lowest BCUT2D eigenvalue weighted by molar-refractivity contribution is -0.117. The molecule has 0 saturated carbocycles. The van der Waals surface area contributed by atoms with Crippen molar-refractivity contribution in [1.82, 2.24) is 5.32 Å². The molecular formula is C26H27N3O3. The molecule has 0 aliphatic carbocycles. The molecule has 4 rings (SSSR count). The summed E-state index contributed by atoms with van der Waals surface area (Å²) in [5.74, 6) is -0.0511. The third-order valence-corrected chi connectivity index (χ3v) is 5.44. The minimum Gasteiger partial charge on any atom is -0.450 e. The molecule has 0 radical (unpaired) electrons. The molecule has 0 fully saturated rings. The summed E-state index contributed by atoms with van der Waals surface area (Å²) < 4.78 is 5.00. The van der Waals surface area contributed by atoms with Crippen molar-refractivity contribution < 1.29 is 14.3 Å². The van der Waals surface area contributed by atoms with E-state index < -0.39 is 6.09 Å². The van der Waals surface area contributed by atoms with Crippen LogP contribution >= 0.6 is 0 Å². The van der Waals surface area contributed by atoms with Gasteiger partial charge >= 0.3 is 6.09 Å². The van der Waals surface area contributed by atoms with E-state index in [0.29, 0.717) is 18.8 Å². The number of carbonyl (C=O) groups is 2. The molecule has 2 amide bonds. The second kappa shape index (κ2) is 10.1. The van der Waals surface area contributed by atoms with Gasteiger partial charge in [-0.05, 0) is 54.7 Å². The van der Waals surface area contributed by atoms with Gasteiger partial charge in [0.2, 0.25) is 5.91 Å². The van der Waals surface area contributed by atoms with E-state index in [4.69, 9.17) is 4.74 Å². The summed E-state index contributed by atoms with van der Waals surface area (Å²) in [6.45, 7) is 2.86. The number of hydrogen-bond donors (Lipinski definition) is 2. The lowest BCUT2D eigenvalue weighted by Gasteiger charge is -2.26. The summed E-state index contributed by atoms with van der Waals surface area (Å²) in [5.41, 5.74) is 5.57. The van der Waals surface area contributed by atoms with Crippen LogP contribution in [-0.2, 0) is 28.9 Å². The normalized spacial score (nSPS) is 12.3. The zero-order chi connectivity index (χ0) is 22.3. The number of amides is 2. The standard InChI is InChI=1S/C26H27N3O3/c1-2-32-26(31)28-22-15-14-21-13-12-20-10-6-7-11-23(20)29(24(21)16-22)25(30)18-27-17-19-8-4-3-5-9-19/h3-11,14-16,27H,2,12-13,17-18H2,1H3,(H,28,31). The van der Waals surface area contributed by atoms with Gasteiger partial charge in [-0.15, -0.1) is 0 Å². The van der Waals surface area contributed by atoms with Crippen LogP contribution in [0.25, 0.3) is 0 Å². The first-order valence-corrected chi connectivity index (χ1v) is 10.9. The topological polar surface area (TPSA) is 70.7 Å². The average Bonchev–Trinajstić information content (AvgIpc) is 2.96. The van der Waals surface area contributed by atoms with Gasteiger partial charge in [-0.2, -0.15) is 0 Å². The molecule has 0 aromatic heterocycles. The van der Waals surface area contributed by atoms with Gasteiger partial charge < -0.3 is 10.1 Å². The third-order valence-electron chi connectivity index (χ3n) is 5.44. The molecule has 1 aliphatic rings. The maximum Gasteiger partial charge on any atom is 0.411 e. The van der Waals surface area contributed by atoms with Crippen molar-refractivity contribution in [2.75, 3.05) is 23.4 Å². The summed E-state index contributed by atoms with van der Waals surface area (Å²) in [6.07, 6.45) is 1.14. The fourth-order valence-corrected chi connectivity index (χ4v) is 3.94. The summed E-state index contributed by atoms with van der Waals surface area (Å²) in [5, 5.41) is 6.01. The molecule has 3 aromatic rings. The molecule has 0 spiro atoms. The highest BCUT2D eigenvalue weighted by atomic mass is 16.5. The number of benzene rings is 3. The Morgan fingerprint density at radius 3 is 2.41 bits per heavy atom. The smallest absolute Gasteiger partial charge is 0.411 e. The highest BCUT2D eigenvalue weighted by molar-refractivity contribution is 6.04. The predicted octanol–water partition coefficient (Wildman–Crippen LogP) is 4.81. The quantitative estimate of drug-likeness (QED) is 0.590. The van der Waals surface area contributed by atoms with Gasteiger partial charge in [0.15, 0.2) is 0 Å². The molecule has 2 N–H and O–H groups in total. The van der Waals surface area contributed by atoms with Crippen LogP contribution in [-0.4, -0.2) is 25.2 Å². The van der Waals surface area contributed by atoms with Crippen molar-refractivity contribution >= 4 is 29.1 Å². The van der Waals surface area contributed by atoms with Crippen LogP contribution in [0, 0.1) is 0 Å². The molecule has 0 bridgehead atoms. The molecule has 1 aliphatic heterocycles. The molecule has 3 aromatic carbocycles. The highest BCUT2D eigenvalue weighted by Gasteiger charge is 2.26. The summed E-state index contributed by atoms with van der Waals surface area (Å²) >= 11 is 0. The number of ether oxygens (including phenoxy) is 1. The second-order valence-corrected chi connectivity index (χ2v) is 7.64. The first-order chi connectivity index (χ1) is 15.7. The summed E-state index contributed by atoms with van der Waals surface area (Å²) in [4.78, 5) is 27.1. The SMILES string of the molecule is CCOC(=O)Nc1ccc2c(c1)N(C(=O)CNCc1ccccc1)c1ccccc1CC2. The van der Waals surface area contributed by atoms with Crippen LogP contribution in [0.1, 0.15) is 23.6 Å². The molecule has 0 unspecified atom stereocenters. The van der Waals surface area contributed by atoms with Gasteiger partial charge in [-0.25, -0.2) is 4.79 Å². The van der Waals surface area contributed by atoms with E-state index in [9.17, 15) is 9.59 Å². The molecule has 164 valence electrons. The van der Waals surface area contributed by atoms with Crippen molar-refractivity contribution in [3.63, 3.8) is 0 Å². The van der Waals surface area contributed by atoms with Crippen LogP contribution in [0.4, 0.5) is 21.9 Å². The Morgan fingerprint density at radius 2 is 1.62 bits per heavy atom. The van der Waals surface area contributed by atoms with E-state index in [2.05, 4.69) is 16.7 Å². The van der Waals surface area contributed by atoms with E-state index >= 15 is 0 Å². The van der Waals surface area contributed by atoms with Crippen molar-refractivity contribution in [2.45, 2.75) is 26.3 Å². The second-order valence-electron chi connectivity index (χ2n) is 7.64. The van der Waals surface area contributed by atoms with Gasteiger partial charge in [0.1, 0.15) is 0 Å². The monoisotopic (exact) mass is 429 g/mol. The number of fused-ring (bicyclic) bond motifs is 2. The lowest BCUT2D eigenvalue weighted by atomic mass is 10.0. The number of nitrogens with one attached hydrogen (secondary N) is 2. The first-order valence-electron chi connectivity index (χ1n) is 10.9. The zero-order valence-electron chi connectivity index (χ0n) is 18.1. The number of hydrogen-bond acceptors (Lipinski definition) is 4. The average molecular weight is 430 g/mol. The van der Waals surface area contributed by atoms with Crippen molar-refractivity contribution in [3.8, 4) is 0 Å². The van der Waals surface area contributed by atoms with Gasteiger partial charge in [0.05, 0.1) is 24.5 Å². The first kappa shape index (κ1) is 21.6. The Balaban J connectivity index is 1.62. The van der Waals surface area contributed by atoms with E-state index in [0.717, 1.165) is 40.9 Å². The van der Waals surface area contributed by atoms with Crippen LogP contribution in [0.3, 0.4) is 0 Å². The summed E-state index contributed by atoms with van der Waals surface area (Å²) in [6, 6.07) is 23.7. The van der Waals surface area contributed by atoms with Crippen molar-refractivity contribution in [2.24, 2.45) is 0 Å². The van der Waals surface area contributed by atoms with Crippen LogP contribution < -0.4 is 15.5 Å². The Morgan fingerprint density at radius 1 is 0.906 bits per heavy atom. The molecule has 0 atom stereocenters. The van der Waals surface area contributed by atoms with Crippen LogP contribution in [0.15, 0.2) is 72.8 Å². The van der Waals surface area contributed by atoms with Gasteiger partial charge in [0.25, 0.3) is 0 Å². The molecule has 32 heavy (non-hydrogen) atoms. The fraction of sp³-hybridized carbons (Fsp3) is 0.231. The maximum absolute atomic E-state index is 13.5. The molecule has 6 nitrogen and oxygen atoms in total. The number of para-hydroxylation sites is 1. The van der Waals surface area contributed by atoms with E-state index in [1.807, 2.05) is 66.7 Å². The number of nitrogens with zero attached hydrogens (tertiary/aromatic N) is 1. The number of anilines is 3. The highest BCUT2D eigenvalue weighted by Crippen LogP contribution is 2.37. The lowest BCUT2D eigenvalue weighted by Crippen LogP contribution is -2.35. The summed E-state index contributed by atoms with van der Waals surface area (Å²) in [7, 11) is 0. The fourth-order valence-electron chi connectivity index (χ4n) is 3.94. The van der Waals surface area contributed by atoms with Gasteiger partial charge in [-0.3, -0.25) is 15.0 Å². The van der Waals surface area contributed by atoms with E-state index in [-0.39, 0.29) is 12.5 Å². The van der Waals surface area contributed by atoms with E-state index in [1.54, 1.807) is 11.8 Å². The largest absolute Gasteiger partial charge is 0.450 e.